The molecule has 1 aromatic rings. The molecule has 8 heteroatoms. The first-order valence-corrected chi connectivity index (χ1v) is 9.77. The van der Waals surface area contributed by atoms with E-state index >= 15 is 0 Å². The molecule has 1 saturated carbocycles. The van der Waals surface area contributed by atoms with Crippen LogP contribution in [-0.2, 0) is 23.8 Å². The molecular weight excluding hydrogens is 348 g/mol. The minimum atomic E-state index is -3.52. The number of hydrogen-bond acceptors (Lipinski definition) is 7. The summed E-state index contributed by atoms with van der Waals surface area (Å²) in [4.78, 5) is 12.6. The Morgan fingerprint density at radius 2 is 1.80 bits per heavy atom. The van der Waals surface area contributed by atoms with Gasteiger partial charge >= 0.3 is 0 Å². The molecule has 1 aliphatic carbocycles. The largest absolute Gasteiger partial charge is 0.497 e. The fourth-order valence-corrected chi connectivity index (χ4v) is 3.78. The van der Waals surface area contributed by atoms with Crippen LogP contribution < -0.4 is 9.47 Å². The second kappa shape index (κ2) is 7.05. The molecule has 1 heterocycles. The molecule has 0 aromatic heterocycles. The average Bonchev–Trinajstić information content (AvgIpc) is 2.56. The van der Waals surface area contributed by atoms with E-state index < -0.39 is 22.3 Å². The zero-order valence-electron chi connectivity index (χ0n) is 14.0. The summed E-state index contributed by atoms with van der Waals surface area (Å²) < 4.78 is 43.9. The van der Waals surface area contributed by atoms with Gasteiger partial charge in [-0.3, -0.25) is 8.98 Å². The van der Waals surface area contributed by atoms with Gasteiger partial charge in [-0.1, -0.05) is 0 Å². The molecule has 0 N–H and O–H groups in total. The first-order chi connectivity index (χ1) is 11.9. The molecule has 136 valence electrons. The fourth-order valence-electron chi connectivity index (χ4n) is 3.11. The van der Waals surface area contributed by atoms with Crippen molar-refractivity contribution >= 4 is 15.9 Å². The first-order valence-electron chi connectivity index (χ1n) is 7.96. The van der Waals surface area contributed by atoms with Gasteiger partial charge in [-0.15, -0.1) is 0 Å². The molecule has 0 amide bonds. The van der Waals surface area contributed by atoms with Crippen LogP contribution in [0.5, 0.6) is 11.5 Å². The van der Waals surface area contributed by atoms with E-state index in [1.54, 1.807) is 31.4 Å². The maximum atomic E-state index is 12.6. The van der Waals surface area contributed by atoms with Crippen LogP contribution in [0.15, 0.2) is 36.3 Å². The lowest BCUT2D eigenvalue weighted by molar-refractivity contribution is -0.131. The maximum Gasteiger partial charge on any atom is 0.264 e. The number of carbonyl (C=O) groups is 1. The first kappa shape index (κ1) is 17.8. The number of allylic oxidation sites excluding steroid dienone is 1. The number of fused-ring (bicyclic) bond motifs is 1. The normalized spacial score (nSPS) is 26.2. The van der Waals surface area contributed by atoms with Crippen molar-refractivity contribution in [1.29, 1.82) is 0 Å². The van der Waals surface area contributed by atoms with Crippen LogP contribution in [0.4, 0.5) is 0 Å². The summed E-state index contributed by atoms with van der Waals surface area (Å²) in [5.74, 6) is 0.866. The number of ether oxygens (including phenoxy) is 3. The molecule has 0 radical (unpaired) electrons. The van der Waals surface area contributed by atoms with Gasteiger partial charge in [-0.2, -0.15) is 8.42 Å². The summed E-state index contributed by atoms with van der Waals surface area (Å²) in [6.45, 7) is 0. The van der Waals surface area contributed by atoms with Crippen LogP contribution in [0.2, 0.25) is 0 Å². The van der Waals surface area contributed by atoms with E-state index in [2.05, 4.69) is 0 Å². The smallest absolute Gasteiger partial charge is 0.264 e. The van der Waals surface area contributed by atoms with E-state index in [4.69, 9.17) is 18.4 Å². The minimum absolute atomic E-state index is 0.134. The molecule has 0 saturated heterocycles. The Morgan fingerprint density at radius 3 is 2.44 bits per heavy atom. The van der Waals surface area contributed by atoms with Crippen LogP contribution in [0.25, 0.3) is 0 Å². The molecule has 2 aliphatic rings. The van der Waals surface area contributed by atoms with Crippen LogP contribution in [0.3, 0.4) is 0 Å². The highest BCUT2D eigenvalue weighted by atomic mass is 32.2. The highest BCUT2D eigenvalue weighted by Crippen LogP contribution is 2.35. The zero-order chi connectivity index (χ0) is 18.0. The Kier molecular flexibility index (Phi) is 5.01. The summed E-state index contributed by atoms with van der Waals surface area (Å²) in [6.07, 6.45) is 2.81. The third-order valence-electron chi connectivity index (χ3n) is 4.27. The Balaban J connectivity index is 1.66. The molecular formula is C17H20O7S. The number of hydrogen-bond donors (Lipinski definition) is 0. The number of benzene rings is 1. The van der Waals surface area contributed by atoms with Crippen molar-refractivity contribution in [3.63, 3.8) is 0 Å². The lowest BCUT2D eigenvalue weighted by Crippen LogP contribution is -2.42. The number of methoxy groups -OCH3 is 1. The van der Waals surface area contributed by atoms with Gasteiger partial charge in [0.2, 0.25) is 11.5 Å². The third-order valence-corrected chi connectivity index (χ3v) is 4.89. The second-order valence-electron chi connectivity index (χ2n) is 6.14. The standard InChI is InChI=1S/C17H20O7S/c1-21-11-3-5-12(6-4-11)23-16-10-22-15-9-13(24-25(2,19)20)7-8-14(15)17(16)18/h3-6,10,13-15H,7-9H2,1-2H3. The molecule has 0 spiro atoms. The Bertz CT molecular complexity index is 767. The SMILES string of the molecule is COc1ccc(OC2=COC3CC(OS(C)(=O)=O)CCC3C2=O)cc1. The molecule has 0 bridgehead atoms. The van der Waals surface area contributed by atoms with Crippen molar-refractivity contribution in [3.05, 3.63) is 36.3 Å². The molecule has 3 rings (SSSR count). The van der Waals surface area contributed by atoms with E-state index in [0.29, 0.717) is 30.8 Å². The van der Waals surface area contributed by atoms with Gasteiger partial charge in [-0.25, -0.2) is 0 Å². The molecule has 1 fully saturated rings. The predicted octanol–water partition coefficient (Wildman–Crippen LogP) is 2.03. The van der Waals surface area contributed by atoms with Crippen molar-refractivity contribution in [3.8, 4) is 11.5 Å². The summed E-state index contributed by atoms with van der Waals surface area (Å²) in [5, 5.41) is 0. The van der Waals surface area contributed by atoms with E-state index in [-0.39, 0.29) is 17.5 Å². The van der Waals surface area contributed by atoms with Gasteiger partial charge in [0.1, 0.15) is 23.9 Å². The highest BCUT2D eigenvalue weighted by molar-refractivity contribution is 7.86. The molecule has 3 unspecified atom stereocenters. The Labute approximate surface area is 146 Å². The highest BCUT2D eigenvalue weighted by Gasteiger charge is 2.42. The molecule has 25 heavy (non-hydrogen) atoms. The van der Waals surface area contributed by atoms with Crippen molar-refractivity contribution in [2.45, 2.75) is 31.5 Å². The van der Waals surface area contributed by atoms with Crippen LogP contribution in [0.1, 0.15) is 19.3 Å². The molecule has 3 atom stereocenters. The van der Waals surface area contributed by atoms with E-state index in [9.17, 15) is 13.2 Å². The monoisotopic (exact) mass is 368 g/mol. The van der Waals surface area contributed by atoms with Gasteiger partial charge in [0.05, 0.1) is 25.4 Å². The third kappa shape index (κ3) is 4.32. The van der Waals surface area contributed by atoms with E-state index in [1.807, 2.05) is 0 Å². The summed E-state index contributed by atoms with van der Waals surface area (Å²) in [5.41, 5.74) is 0. The molecule has 7 nitrogen and oxygen atoms in total. The van der Waals surface area contributed by atoms with Crippen molar-refractivity contribution in [2.75, 3.05) is 13.4 Å². The van der Waals surface area contributed by atoms with Crippen LogP contribution >= 0.6 is 0 Å². The summed E-state index contributed by atoms with van der Waals surface area (Å²) >= 11 is 0. The van der Waals surface area contributed by atoms with Crippen molar-refractivity contribution in [1.82, 2.24) is 0 Å². The van der Waals surface area contributed by atoms with E-state index in [0.717, 1.165) is 6.26 Å². The maximum absolute atomic E-state index is 12.6. The topological polar surface area (TPSA) is 88.1 Å². The lowest BCUT2D eigenvalue weighted by atomic mass is 9.80. The van der Waals surface area contributed by atoms with Gasteiger partial charge in [0.25, 0.3) is 10.1 Å². The minimum Gasteiger partial charge on any atom is -0.497 e. The van der Waals surface area contributed by atoms with Gasteiger partial charge in [0.15, 0.2) is 0 Å². The number of carbonyl (C=O) groups excluding carboxylic acids is 1. The zero-order valence-corrected chi connectivity index (χ0v) is 14.8. The van der Waals surface area contributed by atoms with Crippen molar-refractivity contribution < 1.29 is 31.6 Å². The van der Waals surface area contributed by atoms with Gasteiger partial charge in [0, 0.05) is 6.42 Å². The Hall–Kier alpha value is -2.06. The quantitative estimate of drug-likeness (QED) is 0.735. The van der Waals surface area contributed by atoms with Crippen molar-refractivity contribution in [2.24, 2.45) is 5.92 Å². The summed E-state index contributed by atoms with van der Waals surface area (Å²) in [7, 11) is -1.95. The predicted molar refractivity (Wildman–Crippen MR) is 88.6 cm³/mol. The summed E-state index contributed by atoms with van der Waals surface area (Å²) in [6, 6.07) is 6.88. The van der Waals surface area contributed by atoms with E-state index in [1.165, 1.54) is 6.26 Å². The van der Waals surface area contributed by atoms with Crippen LogP contribution in [-0.4, -0.2) is 39.8 Å². The average molecular weight is 368 g/mol. The van der Waals surface area contributed by atoms with Gasteiger partial charge in [-0.05, 0) is 37.1 Å². The molecule has 1 aromatic carbocycles. The Morgan fingerprint density at radius 1 is 1.12 bits per heavy atom. The second-order valence-corrected chi connectivity index (χ2v) is 7.74. The number of rotatable bonds is 5. The van der Waals surface area contributed by atoms with Crippen LogP contribution in [0, 0.1) is 5.92 Å². The number of ketones is 1. The molecule has 1 aliphatic heterocycles. The lowest BCUT2D eigenvalue weighted by Gasteiger charge is -2.36. The van der Waals surface area contributed by atoms with Gasteiger partial charge < -0.3 is 14.2 Å². The number of Topliss-reactive ketones (excluding diaryl/α,β-unsaturated/α-hetero) is 1. The fraction of sp³-hybridized carbons (Fsp3) is 0.471.